The van der Waals surface area contributed by atoms with Gasteiger partial charge < -0.3 is 10.4 Å². The van der Waals surface area contributed by atoms with E-state index >= 15 is 0 Å². The Labute approximate surface area is 103 Å². The van der Waals surface area contributed by atoms with Gasteiger partial charge in [0.2, 0.25) is 0 Å². The van der Waals surface area contributed by atoms with E-state index in [0.29, 0.717) is 23.6 Å². The smallest absolute Gasteiger partial charge is 0.150 e. The van der Waals surface area contributed by atoms with E-state index in [9.17, 15) is 13.5 Å². The van der Waals surface area contributed by atoms with Gasteiger partial charge >= 0.3 is 0 Å². The van der Waals surface area contributed by atoms with Crippen molar-refractivity contribution in [3.05, 3.63) is 0 Å². The zero-order valence-electron chi connectivity index (χ0n) is 10.0. The predicted octanol–water partition coefficient (Wildman–Crippen LogP) is 0.313. The molecule has 0 aromatic rings. The van der Waals surface area contributed by atoms with Gasteiger partial charge in [-0.3, -0.25) is 0 Å². The monoisotopic (exact) mass is 259 g/mol. The minimum atomic E-state index is -2.78. The van der Waals surface area contributed by atoms with Crippen LogP contribution in [-0.2, 0) is 9.84 Å². The molecule has 5 heteroatoms. The van der Waals surface area contributed by atoms with Crippen molar-refractivity contribution >= 4 is 9.84 Å². The van der Waals surface area contributed by atoms with E-state index in [1.807, 2.05) is 0 Å². The number of piperidine rings is 1. The second kappa shape index (κ2) is 4.21. The van der Waals surface area contributed by atoms with E-state index in [1.54, 1.807) is 0 Å². The van der Waals surface area contributed by atoms with E-state index in [4.69, 9.17) is 0 Å². The first kappa shape index (κ1) is 11.9. The van der Waals surface area contributed by atoms with Gasteiger partial charge in [0.15, 0.2) is 9.84 Å². The third kappa shape index (κ3) is 2.37. The van der Waals surface area contributed by atoms with Crippen molar-refractivity contribution in [2.75, 3.05) is 11.5 Å². The second-order valence-electron chi connectivity index (χ2n) is 6.02. The van der Waals surface area contributed by atoms with Crippen LogP contribution >= 0.6 is 0 Å². The minimum Gasteiger partial charge on any atom is -0.393 e. The number of fused-ring (bicyclic) bond motifs is 2. The summed E-state index contributed by atoms with van der Waals surface area (Å²) in [6, 6.07) is 0.922. The molecule has 5 unspecified atom stereocenters. The number of hydrogen-bond acceptors (Lipinski definition) is 4. The summed E-state index contributed by atoms with van der Waals surface area (Å²) in [7, 11) is -2.78. The SMILES string of the molecule is O=S1(=O)CCC(CC2C(O)CC3CCC2N3)C1. The molecule has 3 saturated heterocycles. The first-order valence-corrected chi connectivity index (χ1v) is 8.50. The molecule has 98 valence electrons. The van der Waals surface area contributed by atoms with Crippen LogP contribution in [0, 0.1) is 11.8 Å². The van der Waals surface area contributed by atoms with Crippen molar-refractivity contribution in [2.45, 2.75) is 50.3 Å². The molecule has 0 aromatic carbocycles. The maximum atomic E-state index is 11.4. The Kier molecular flexibility index (Phi) is 2.96. The van der Waals surface area contributed by atoms with Gasteiger partial charge in [-0.05, 0) is 38.0 Å². The molecule has 3 aliphatic heterocycles. The zero-order valence-corrected chi connectivity index (χ0v) is 10.8. The van der Waals surface area contributed by atoms with E-state index in [1.165, 1.54) is 6.42 Å². The van der Waals surface area contributed by atoms with E-state index < -0.39 is 9.84 Å². The molecule has 3 heterocycles. The number of aliphatic hydroxyl groups is 1. The fourth-order valence-corrected chi connectivity index (χ4v) is 5.75. The molecular formula is C12H21NO3S. The summed E-state index contributed by atoms with van der Waals surface area (Å²) in [5.74, 6) is 1.23. The lowest BCUT2D eigenvalue weighted by Gasteiger charge is -2.36. The second-order valence-corrected chi connectivity index (χ2v) is 8.25. The first-order chi connectivity index (χ1) is 8.03. The van der Waals surface area contributed by atoms with E-state index in [-0.39, 0.29) is 17.9 Å². The van der Waals surface area contributed by atoms with E-state index in [2.05, 4.69) is 5.32 Å². The highest BCUT2D eigenvalue weighted by atomic mass is 32.2. The van der Waals surface area contributed by atoms with Crippen molar-refractivity contribution in [2.24, 2.45) is 11.8 Å². The molecule has 2 N–H and O–H groups in total. The summed E-state index contributed by atoms with van der Waals surface area (Å²) >= 11 is 0. The fraction of sp³-hybridized carbons (Fsp3) is 1.00. The van der Waals surface area contributed by atoms with Crippen LogP contribution in [0.25, 0.3) is 0 Å². The summed E-state index contributed by atoms with van der Waals surface area (Å²) in [5.41, 5.74) is 0. The van der Waals surface area contributed by atoms with Crippen LogP contribution in [0.2, 0.25) is 0 Å². The van der Waals surface area contributed by atoms with Gasteiger partial charge in [-0.2, -0.15) is 0 Å². The molecule has 2 bridgehead atoms. The number of aliphatic hydroxyl groups excluding tert-OH is 1. The Balaban J connectivity index is 1.64. The Hall–Kier alpha value is -0.130. The number of rotatable bonds is 2. The molecule has 5 atom stereocenters. The third-order valence-electron chi connectivity index (χ3n) is 4.75. The Morgan fingerprint density at radius 3 is 2.76 bits per heavy atom. The molecular weight excluding hydrogens is 238 g/mol. The molecule has 0 aromatic heterocycles. The highest BCUT2D eigenvalue weighted by Gasteiger charge is 2.42. The standard InChI is InChI=1S/C12H21NO3S/c14-12-6-9-1-2-11(13-9)10(12)5-8-3-4-17(15,16)7-8/h8-14H,1-7H2. The third-order valence-corrected chi connectivity index (χ3v) is 6.58. The van der Waals surface area contributed by atoms with Gasteiger partial charge in [-0.25, -0.2) is 8.42 Å². The molecule has 17 heavy (non-hydrogen) atoms. The van der Waals surface area contributed by atoms with Crippen LogP contribution < -0.4 is 5.32 Å². The van der Waals surface area contributed by atoms with Gasteiger partial charge in [0.05, 0.1) is 17.6 Å². The minimum absolute atomic E-state index is 0.225. The van der Waals surface area contributed by atoms with Gasteiger partial charge in [-0.1, -0.05) is 0 Å². The quantitative estimate of drug-likeness (QED) is 0.749. The summed E-state index contributed by atoms with van der Waals surface area (Å²) in [6.45, 7) is 0. The molecule has 3 rings (SSSR count). The average molecular weight is 259 g/mol. The highest BCUT2D eigenvalue weighted by molar-refractivity contribution is 7.91. The van der Waals surface area contributed by atoms with Crippen molar-refractivity contribution in [1.82, 2.24) is 5.32 Å². The molecule has 3 fully saturated rings. The average Bonchev–Trinajstić information content (AvgIpc) is 2.78. The summed E-state index contributed by atoms with van der Waals surface area (Å²) in [5, 5.41) is 13.7. The molecule has 0 amide bonds. The van der Waals surface area contributed by atoms with Crippen LogP contribution in [0.15, 0.2) is 0 Å². The molecule has 3 aliphatic rings. The highest BCUT2D eigenvalue weighted by Crippen LogP contribution is 2.37. The van der Waals surface area contributed by atoms with E-state index in [0.717, 1.165) is 25.7 Å². The number of sulfone groups is 1. The van der Waals surface area contributed by atoms with Crippen LogP contribution in [-0.4, -0.2) is 43.2 Å². The first-order valence-electron chi connectivity index (χ1n) is 6.68. The summed E-state index contributed by atoms with van der Waals surface area (Å²) < 4.78 is 22.9. The van der Waals surface area contributed by atoms with Crippen molar-refractivity contribution in [1.29, 1.82) is 0 Å². The van der Waals surface area contributed by atoms with Crippen LogP contribution in [0.4, 0.5) is 0 Å². The van der Waals surface area contributed by atoms with Gasteiger partial charge in [0.1, 0.15) is 0 Å². The van der Waals surface area contributed by atoms with Gasteiger partial charge in [0, 0.05) is 18.0 Å². The number of hydrogen-bond donors (Lipinski definition) is 2. The lowest BCUT2D eigenvalue weighted by molar-refractivity contribution is 0.0407. The van der Waals surface area contributed by atoms with Crippen molar-refractivity contribution < 1.29 is 13.5 Å². The molecule has 0 radical (unpaired) electrons. The van der Waals surface area contributed by atoms with Crippen LogP contribution in [0.5, 0.6) is 0 Å². The zero-order chi connectivity index (χ0) is 12.0. The fourth-order valence-electron chi connectivity index (χ4n) is 3.87. The van der Waals surface area contributed by atoms with Crippen molar-refractivity contribution in [3.63, 3.8) is 0 Å². The largest absolute Gasteiger partial charge is 0.393 e. The Morgan fingerprint density at radius 1 is 1.24 bits per heavy atom. The number of nitrogens with one attached hydrogen (secondary N) is 1. The molecule has 0 aliphatic carbocycles. The predicted molar refractivity (Wildman–Crippen MR) is 65.4 cm³/mol. The maximum Gasteiger partial charge on any atom is 0.150 e. The lowest BCUT2D eigenvalue weighted by atomic mass is 9.82. The Bertz CT molecular complexity index is 395. The van der Waals surface area contributed by atoms with Gasteiger partial charge in [-0.15, -0.1) is 0 Å². The van der Waals surface area contributed by atoms with Gasteiger partial charge in [0.25, 0.3) is 0 Å². The van der Waals surface area contributed by atoms with Crippen LogP contribution in [0.1, 0.15) is 32.1 Å². The van der Waals surface area contributed by atoms with Crippen molar-refractivity contribution in [3.8, 4) is 0 Å². The molecule has 0 spiro atoms. The lowest BCUT2D eigenvalue weighted by Crippen LogP contribution is -2.48. The summed E-state index contributed by atoms with van der Waals surface area (Å²) in [4.78, 5) is 0. The molecule has 4 nitrogen and oxygen atoms in total. The van der Waals surface area contributed by atoms with Crippen LogP contribution in [0.3, 0.4) is 0 Å². The molecule has 0 saturated carbocycles. The Morgan fingerprint density at radius 2 is 2.06 bits per heavy atom. The maximum absolute atomic E-state index is 11.4. The topological polar surface area (TPSA) is 66.4 Å². The normalized spacial score (nSPS) is 48.4. The summed E-state index contributed by atoms with van der Waals surface area (Å²) in [6.07, 6.45) is 4.61.